The van der Waals surface area contributed by atoms with Gasteiger partial charge in [-0.15, -0.1) is 0 Å². The molecule has 24 N–H and O–H groups in total. The molecule has 0 bridgehead atoms. The van der Waals surface area contributed by atoms with E-state index in [1.165, 1.54) is 43.7 Å². The average molecular weight is 1460 g/mol. The Labute approximate surface area is 609 Å². The van der Waals surface area contributed by atoms with E-state index >= 15 is 0 Å². The van der Waals surface area contributed by atoms with E-state index in [1.54, 1.807) is 74.6 Å². The minimum atomic E-state index is -1.58. The molecule has 34 nitrogen and oxygen atoms in total. The van der Waals surface area contributed by atoms with Gasteiger partial charge < -0.3 is 107 Å². The highest BCUT2D eigenvalue weighted by atomic mass is 16.3. The van der Waals surface area contributed by atoms with Crippen LogP contribution in [0.1, 0.15) is 114 Å². The van der Waals surface area contributed by atoms with Crippen LogP contribution in [0.15, 0.2) is 97.6 Å². The Kier molecular flexibility index (Phi) is 35.1. The van der Waals surface area contributed by atoms with E-state index < -0.39 is 157 Å². The van der Waals surface area contributed by atoms with Gasteiger partial charge in [-0.25, -0.2) is 4.98 Å². The minimum Gasteiger partial charge on any atom is -0.390 e. The van der Waals surface area contributed by atoms with Crippen LogP contribution < -0.4 is 92.1 Å². The Morgan fingerprint density at radius 3 is 1.75 bits per heavy atom. The summed E-state index contributed by atoms with van der Waals surface area (Å²) in [5.41, 5.74) is 24.5. The van der Waals surface area contributed by atoms with Crippen molar-refractivity contribution < 1.29 is 67.4 Å². The molecule has 2 heterocycles. The number of anilines is 1. The van der Waals surface area contributed by atoms with Crippen molar-refractivity contribution in [1.82, 2.24) is 78.8 Å². The molecule has 0 aliphatic rings. The van der Waals surface area contributed by atoms with Crippen LogP contribution in [-0.2, 0) is 70.4 Å². The molecular formula is C71H104N20O14. The number of aliphatic hydroxyl groups is 1. The molecule has 0 saturated carbocycles. The number of carbonyl (C=O) groups excluding carboxylic acids is 13. The lowest BCUT2D eigenvalue weighted by molar-refractivity contribution is -0.135. The number of aromatic nitrogens is 3. The molecule has 0 fully saturated rings. The van der Waals surface area contributed by atoms with Crippen LogP contribution in [0, 0.1) is 23.7 Å². The first-order valence-electron chi connectivity index (χ1n) is 35.0. The summed E-state index contributed by atoms with van der Waals surface area (Å²) in [4.78, 5) is 187. The van der Waals surface area contributed by atoms with Crippen LogP contribution in [0.3, 0.4) is 0 Å². The minimum absolute atomic E-state index is 0.0134. The van der Waals surface area contributed by atoms with Gasteiger partial charge in [0.2, 0.25) is 70.9 Å². The Morgan fingerprint density at radius 2 is 1.14 bits per heavy atom. The summed E-state index contributed by atoms with van der Waals surface area (Å²) in [7, 11) is 0. The third-order valence-electron chi connectivity index (χ3n) is 16.7. The summed E-state index contributed by atoms with van der Waals surface area (Å²) < 4.78 is 0. The smallest absolute Gasteiger partial charge is 0.252 e. The number of nitrogens with zero attached hydrogens (tertiary/aromatic N) is 1. The van der Waals surface area contributed by atoms with Crippen molar-refractivity contribution in [3.05, 3.63) is 120 Å². The van der Waals surface area contributed by atoms with Gasteiger partial charge in [0.1, 0.15) is 42.3 Å². The molecule has 2 aromatic heterocycles. The lowest BCUT2D eigenvalue weighted by atomic mass is 9.96. The number of benzene rings is 3. The maximum atomic E-state index is 14.7. The molecule has 0 aliphatic carbocycles. The fraction of sp³-hybridized carbons (Fsp3) is 0.493. The van der Waals surface area contributed by atoms with Crippen molar-refractivity contribution in [1.29, 1.82) is 0 Å². The number of hydrogen-bond donors (Lipinski definition) is 20. The standard InChI is InChI=1S/C71H104N20O14/c1-39(2)27-52(56(92)31-58(94)85-53(63(75)97)28-40(3)4)88-69(103)55(30-48-35-78-38-82-48)86-60(96)37-81-70(104)61(41(5)6)90-64(98)42(7)83-68(102)54(29-45-34-79-50-16-12-11-15-49(45)50)89-67(101)51(21-22-57(74)93)87-71(105)62(43-13-9-8-10-14-43)91-66(100)44-17-19-47(20-18-44)84-59(95)36-80-65(99)46(32-76-25-23-72)33-77-26-24-73/h8-20,34-35,38-42,46,51-56,61-62,76-77,79,92H,21-33,36-37,72-73H2,1-7H3,(H2,74,93)(H2,75,97)(H,78,82)(H,80,99)(H,81,104)(H,83,102)(H,84,95)(H,85,94)(H,86,96)(H,87,105)(H,88,103)(H,89,101)(H,90,98)(H,91,100)/t42-,51-,52?,53+,54-,55-,56?,61-,62-/m1/s1. The van der Waals surface area contributed by atoms with Gasteiger partial charge >= 0.3 is 0 Å². The van der Waals surface area contributed by atoms with Crippen molar-refractivity contribution in [2.24, 2.45) is 46.6 Å². The Bertz CT molecular complexity index is 3690. The molecule has 105 heavy (non-hydrogen) atoms. The van der Waals surface area contributed by atoms with Gasteiger partial charge in [0.15, 0.2) is 0 Å². The van der Waals surface area contributed by atoms with E-state index in [2.05, 4.69) is 84.1 Å². The SMILES string of the molecule is CC(C)CC(NC(=O)[C@@H](Cc1cnc[nH]1)NC(=O)CNC(=O)[C@H](NC(=O)[C@@H](C)NC(=O)[C@@H](Cc1c[nH]c2ccccc12)NC(=O)[C@@H](CCC(N)=O)NC(=O)[C@H](NC(=O)c1ccc(NC(=O)CNC(=O)C(CNCCN)CNCCN)cc1)c1ccccc1)C(C)C)C(O)CC(=O)N[C@@H](CC(C)C)C(N)=O. The van der Waals surface area contributed by atoms with Gasteiger partial charge in [0.05, 0.1) is 43.9 Å². The van der Waals surface area contributed by atoms with Crippen LogP contribution in [0.2, 0.25) is 0 Å². The summed E-state index contributed by atoms with van der Waals surface area (Å²) in [6.07, 6.45) is 1.83. The lowest BCUT2D eigenvalue weighted by Gasteiger charge is -2.28. The number of nitrogens with one attached hydrogen (secondary N) is 15. The molecule has 572 valence electrons. The monoisotopic (exact) mass is 1460 g/mol. The fourth-order valence-corrected chi connectivity index (χ4v) is 11.2. The molecular weight excluding hydrogens is 1360 g/mol. The number of aromatic amines is 2. The number of hydrogen-bond acceptors (Lipinski definition) is 19. The maximum Gasteiger partial charge on any atom is 0.252 e. The molecule has 0 saturated heterocycles. The highest BCUT2D eigenvalue weighted by molar-refractivity contribution is 6.01. The zero-order chi connectivity index (χ0) is 77.3. The lowest BCUT2D eigenvalue weighted by Crippen LogP contribution is -2.59. The van der Waals surface area contributed by atoms with E-state index in [1.807, 2.05) is 27.7 Å². The van der Waals surface area contributed by atoms with Gasteiger partial charge in [0, 0.05) is 98.8 Å². The van der Waals surface area contributed by atoms with E-state index in [0.29, 0.717) is 61.4 Å². The van der Waals surface area contributed by atoms with Crippen molar-refractivity contribution in [2.75, 3.05) is 57.7 Å². The highest BCUT2D eigenvalue weighted by Crippen LogP contribution is 2.22. The van der Waals surface area contributed by atoms with Crippen molar-refractivity contribution >= 4 is 93.4 Å². The number of fused-ring (bicyclic) bond motifs is 1. The topological polar surface area (TPSA) is 547 Å². The fourth-order valence-electron chi connectivity index (χ4n) is 11.2. The number of carbonyl (C=O) groups is 13. The number of H-pyrrole nitrogens is 2. The first-order valence-corrected chi connectivity index (χ1v) is 35.0. The highest BCUT2D eigenvalue weighted by Gasteiger charge is 2.36. The van der Waals surface area contributed by atoms with E-state index in [0.717, 1.165) is 0 Å². The maximum absolute atomic E-state index is 14.7. The van der Waals surface area contributed by atoms with Crippen molar-refractivity contribution in [3.8, 4) is 0 Å². The largest absolute Gasteiger partial charge is 0.390 e. The zero-order valence-corrected chi connectivity index (χ0v) is 60.4. The zero-order valence-electron chi connectivity index (χ0n) is 60.4. The molecule has 34 heteroatoms. The predicted octanol–water partition coefficient (Wildman–Crippen LogP) is -2.61. The van der Waals surface area contributed by atoms with E-state index in [-0.39, 0.29) is 73.2 Å². The van der Waals surface area contributed by atoms with Crippen LogP contribution in [0.25, 0.3) is 10.9 Å². The predicted molar refractivity (Wildman–Crippen MR) is 391 cm³/mol. The third-order valence-corrected chi connectivity index (χ3v) is 16.7. The molecule has 5 aromatic rings. The number of imidazole rings is 1. The molecule has 0 aliphatic heterocycles. The van der Waals surface area contributed by atoms with Crippen LogP contribution in [0.4, 0.5) is 5.69 Å². The number of rotatable bonds is 46. The second kappa shape index (κ2) is 43.4. The van der Waals surface area contributed by atoms with E-state index in [4.69, 9.17) is 22.9 Å². The Morgan fingerprint density at radius 1 is 0.552 bits per heavy atom. The Balaban J connectivity index is 1.27. The third kappa shape index (κ3) is 29.2. The summed E-state index contributed by atoms with van der Waals surface area (Å²) in [6, 6.07) is 10.2. The number of aliphatic hydroxyl groups excluding tert-OH is 1. The van der Waals surface area contributed by atoms with Gasteiger partial charge in [-0.2, -0.15) is 0 Å². The van der Waals surface area contributed by atoms with Gasteiger partial charge in [-0.3, -0.25) is 62.3 Å². The van der Waals surface area contributed by atoms with Crippen molar-refractivity contribution in [3.63, 3.8) is 0 Å². The normalized spacial score (nSPS) is 13.9. The van der Waals surface area contributed by atoms with Crippen LogP contribution in [-0.4, -0.2) is 198 Å². The first kappa shape index (κ1) is 85.0. The van der Waals surface area contributed by atoms with Gasteiger partial charge in [-0.05, 0) is 85.4 Å². The molecule has 2 unspecified atom stereocenters. The summed E-state index contributed by atoms with van der Waals surface area (Å²) in [5, 5.41) is 47.1. The molecule has 5 rings (SSSR count). The second-order valence-electron chi connectivity index (χ2n) is 26.8. The summed E-state index contributed by atoms with van der Waals surface area (Å²) >= 11 is 0. The molecule has 0 radical (unpaired) electrons. The molecule has 9 atom stereocenters. The summed E-state index contributed by atoms with van der Waals surface area (Å²) in [6.45, 7) is 13.2. The number of nitrogens with two attached hydrogens (primary N) is 4. The quantitative estimate of drug-likeness (QED) is 0.0178. The number of primary amides is 2. The molecule has 13 amide bonds. The first-order chi connectivity index (χ1) is 50.0. The number of amides is 13. The molecule has 3 aromatic carbocycles. The van der Waals surface area contributed by atoms with Gasteiger partial charge in [0.25, 0.3) is 5.91 Å². The van der Waals surface area contributed by atoms with Crippen molar-refractivity contribution in [2.45, 2.75) is 148 Å². The average Bonchev–Trinajstić information content (AvgIpc) is 1.77. The summed E-state index contributed by atoms with van der Waals surface area (Å²) in [5.74, 6) is -11.2. The van der Waals surface area contributed by atoms with Crippen LogP contribution in [0.5, 0.6) is 0 Å². The van der Waals surface area contributed by atoms with Crippen LogP contribution >= 0.6 is 0 Å². The van der Waals surface area contributed by atoms with Gasteiger partial charge in [-0.1, -0.05) is 90.1 Å². The Hall–Kier alpha value is -10.7. The second-order valence-corrected chi connectivity index (χ2v) is 26.8. The number of para-hydroxylation sites is 1. The molecule has 0 spiro atoms. The van der Waals surface area contributed by atoms with E-state index in [9.17, 15) is 67.4 Å².